The van der Waals surface area contributed by atoms with Crippen LogP contribution in [0.4, 0.5) is 5.69 Å². The van der Waals surface area contributed by atoms with Gasteiger partial charge in [-0.25, -0.2) is 0 Å². The minimum atomic E-state index is 0.0815. The number of hydrogen-bond acceptors (Lipinski definition) is 2. The number of amidine groups is 1. The van der Waals surface area contributed by atoms with Crippen molar-refractivity contribution in [3.8, 4) is 0 Å². The smallest absolute Gasteiger partial charge is 0.109 e. The molecule has 0 saturated carbocycles. The van der Waals surface area contributed by atoms with Crippen LogP contribution in [0, 0.1) is 5.41 Å². The molecule has 1 atom stereocenters. The van der Waals surface area contributed by atoms with E-state index in [9.17, 15) is 0 Å². The van der Waals surface area contributed by atoms with Crippen LogP contribution in [0.5, 0.6) is 0 Å². The van der Waals surface area contributed by atoms with Crippen molar-refractivity contribution in [3.63, 3.8) is 0 Å². The van der Waals surface area contributed by atoms with Crippen LogP contribution in [0.2, 0.25) is 5.02 Å². The van der Waals surface area contributed by atoms with Gasteiger partial charge in [-0.15, -0.1) is 0 Å². The zero-order valence-corrected chi connectivity index (χ0v) is 16.1. The molecular weight excluding hydrogens is 342 g/mol. The molecule has 2 heterocycles. The summed E-state index contributed by atoms with van der Waals surface area (Å²) >= 11 is 6.15. The van der Waals surface area contributed by atoms with Gasteiger partial charge in [-0.2, -0.15) is 0 Å². The third-order valence-corrected chi connectivity index (χ3v) is 5.86. The fraction of sp³-hybridized carbons (Fsp3) is 0.409. The number of nitrogens with one attached hydrogen (secondary N) is 1. The highest BCUT2D eigenvalue weighted by Gasteiger charge is 2.41. The molecule has 0 aromatic heterocycles. The molecule has 2 aliphatic rings. The number of anilines is 1. The van der Waals surface area contributed by atoms with Crippen molar-refractivity contribution in [1.29, 1.82) is 0 Å². The first-order valence-corrected chi connectivity index (χ1v) is 9.85. The maximum absolute atomic E-state index is 6.15. The van der Waals surface area contributed by atoms with Crippen LogP contribution in [0.25, 0.3) is 0 Å². The third kappa shape index (κ3) is 3.65. The first kappa shape index (κ1) is 17.6. The second-order valence-electron chi connectivity index (χ2n) is 7.73. The molecule has 1 unspecified atom stereocenters. The Balaban J connectivity index is 1.69. The summed E-state index contributed by atoms with van der Waals surface area (Å²) in [5.74, 6) is 1.14. The van der Waals surface area contributed by atoms with Crippen molar-refractivity contribution in [2.45, 2.75) is 32.2 Å². The molecular formula is C22H26ClN3. The van der Waals surface area contributed by atoms with Crippen LogP contribution < -0.4 is 5.32 Å². The Kier molecular flexibility index (Phi) is 5.01. The second-order valence-corrected chi connectivity index (χ2v) is 8.17. The van der Waals surface area contributed by atoms with Gasteiger partial charge in [0, 0.05) is 22.7 Å². The van der Waals surface area contributed by atoms with Gasteiger partial charge in [0.05, 0.1) is 6.54 Å². The number of hydrogen-bond donors (Lipinski definition) is 1. The van der Waals surface area contributed by atoms with E-state index in [1.165, 1.54) is 37.1 Å². The molecule has 1 saturated heterocycles. The molecule has 0 aliphatic carbocycles. The lowest BCUT2D eigenvalue weighted by Crippen LogP contribution is -2.48. The van der Waals surface area contributed by atoms with Gasteiger partial charge < -0.3 is 10.2 Å². The highest BCUT2D eigenvalue weighted by atomic mass is 35.5. The van der Waals surface area contributed by atoms with Gasteiger partial charge in [-0.3, -0.25) is 4.99 Å². The molecule has 4 rings (SSSR count). The molecule has 0 bridgehead atoms. The lowest BCUT2D eigenvalue weighted by Gasteiger charge is -2.41. The predicted molar refractivity (Wildman–Crippen MR) is 110 cm³/mol. The van der Waals surface area contributed by atoms with E-state index in [1.54, 1.807) is 0 Å². The Labute approximate surface area is 161 Å². The van der Waals surface area contributed by atoms with Crippen LogP contribution in [-0.4, -0.2) is 30.9 Å². The lowest BCUT2D eigenvalue weighted by molar-refractivity contribution is 0.252. The number of nitrogens with zero attached hydrogens (tertiary/aromatic N) is 2. The second kappa shape index (κ2) is 7.42. The van der Waals surface area contributed by atoms with E-state index in [0.717, 1.165) is 29.4 Å². The largest absolute Gasteiger partial charge is 0.343 e. The number of halogens is 1. The van der Waals surface area contributed by atoms with Crippen molar-refractivity contribution in [2.24, 2.45) is 10.4 Å². The molecule has 3 nitrogen and oxygen atoms in total. The third-order valence-electron chi connectivity index (χ3n) is 5.63. The summed E-state index contributed by atoms with van der Waals surface area (Å²) in [5.41, 5.74) is 3.85. The summed E-state index contributed by atoms with van der Waals surface area (Å²) in [6.45, 7) is 2.89. The topological polar surface area (TPSA) is 27.6 Å². The van der Waals surface area contributed by atoms with Gasteiger partial charge in [0.1, 0.15) is 5.84 Å². The van der Waals surface area contributed by atoms with Crippen LogP contribution in [0.3, 0.4) is 0 Å². The van der Waals surface area contributed by atoms with E-state index in [4.69, 9.17) is 16.6 Å². The summed E-state index contributed by atoms with van der Waals surface area (Å²) in [5, 5.41) is 4.45. The molecule has 2 aromatic carbocycles. The van der Waals surface area contributed by atoms with Gasteiger partial charge in [0.15, 0.2) is 0 Å². The molecule has 2 aromatic rings. The summed E-state index contributed by atoms with van der Waals surface area (Å²) in [7, 11) is 2.24. The van der Waals surface area contributed by atoms with Gasteiger partial charge >= 0.3 is 0 Å². The minimum Gasteiger partial charge on any atom is -0.343 e. The summed E-state index contributed by atoms with van der Waals surface area (Å²) in [6.07, 6.45) is 4.77. The molecule has 1 spiro atoms. The van der Waals surface area contributed by atoms with Gasteiger partial charge in [0.2, 0.25) is 0 Å². The van der Waals surface area contributed by atoms with Crippen molar-refractivity contribution < 1.29 is 0 Å². The Morgan fingerprint density at radius 3 is 2.92 bits per heavy atom. The maximum atomic E-state index is 6.15. The molecule has 26 heavy (non-hydrogen) atoms. The standard InChI is InChI=1S/C22H26ClN3/c1-26-12-5-4-11-22(16-26)14-18-8-2-3-10-20(18)25-21(22)24-15-17-7-6-9-19(23)13-17/h2-3,6-10,13H,4-5,11-12,14-16H2,1H3,(H,24,25). The van der Waals surface area contributed by atoms with Gasteiger partial charge in [0.25, 0.3) is 0 Å². The van der Waals surface area contributed by atoms with E-state index in [2.05, 4.69) is 47.6 Å². The maximum Gasteiger partial charge on any atom is 0.109 e. The van der Waals surface area contributed by atoms with Crippen molar-refractivity contribution >= 4 is 23.1 Å². The summed E-state index contributed by atoms with van der Waals surface area (Å²) in [4.78, 5) is 7.54. The fourth-order valence-corrected chi connectivity index (χ4v) is 4.59. The Bertz CT molecular complexity index is 817. The van der Waals surface area contributed by atoms with Crippen molar-refractivity contribution in [1.82, 2.24) is 4.90 Å². The van der Waals surface area contributed by atoms with Crippen LogP contribution >= 0.6 is 11.6 Å². The van der Waals surface area contributed by atoms with E-state index in [1.807, 2.05) is 18.2 Å². The first-order chi connectivity index (χ1) is 12.6. The molecule has 0 amide bonds. The highest BCUT2D eigenvalue weighted by molar-refractivity contribution is 6.30. The average Bonchev–Trinajstić information content (AvgIpc) is 2.81. The molecule has 2 aliphatic heterocycles. The number of aliphatic imine (C=N–C) groups is 1. The van der Waals surface area contributed by atoms with Crippen molar-refractivity contribution in [3.05, 3.63) is 64.7 Å². The highest BCUT2D eigenvalue weighted by Crippen LogP contribution is 2.40. The summed E-state index contributed by atoms with van der Waals surface area (Å²) < 4.78 is 0. The molecule has 136 valence electrons. The minimum absolute atomic E-state index is 0.0815. The Morgan fingerprint density at radius 2 is 2.04 bits per heavy atom. The SMILES string of the molecule is CN1CCCCC2(Cc3ccccc3NC2=NCc2cccc(Cl)c2)C1. The van der Waals surface area contributed by atoms with E-state index < -0.39 is 0 Å². The number of benzene rings is 2. The molecule has 0 radical (unpaired) electrons. The Morgan fingerprint density at radius 1 is 1.15 bits per heavy atom. The zero-order valence-electron chi connectivity index (χ0n) is 15.3. The molecule has 1 fully saturated rings. The predicted octanol–water partition coefficient (Wildman–Crippen LogP) is 5.01. The van der Waals surface area contributed by atoms with Crippen molar-refractivity contribution in [2.75, 3.05) is 25.5 Å². The number of fused-ring (bicyclic) bond motifs is 1. The zero-order chi connectivity index (χ0) is 18.0. The fourth-order valence-electron chi connectivity index (χ4n) is 4.38. The lowest BCUT2D eigenvalue weighted by atomic mass is 9.73. The monoisotopic (exact) mass is 367 g/mol. The van der Waals surface area contributed by atoms with E-state index in [0.29, 0.717) is 6.54 Å². The molecule has 4 heteroatoms. The Hall–Kier alpha value is -1.84. The molecule has 1 N–H and O–H groups in total. The van der Waals surface area contributed by atoms with E-state index >= 15 is 0 Å². The number of rotatable bonds is 2. The van der Waals surface area contributed by atoms with Crippen LogP contribution in [0.15, 0.2) is 53.5 Å². The van der Waals surface area contributed by atoms with Crippen LogP contribution in [-0.2, 0) is 13.0 Å². The van der Waals surface area contributed by atoms with Gasteiger partial charge in [-0.05, 0) is 62.2 Å². The van der Waals surface area contributed by atoms with Gasteiger partial charge in [-0.1, -0.05) is 48.4 Å². The number of likely N-dealkylation sites (tertiary alicyclic amines) is 1. The normalized spacial score (nSPS) is 24.9. The summed E-state index contributed by atoms with van der Waals surface area (Å²) in [6, 6.07) is 16.7. The average molecular weight is 368 g/mol. The quantitative estimate of drug-likeness (QED) is 0.808. The number of para-hydroxylation sites is 1. The first-order valence-electron chi connectivity index (χ1n) is 9.47. The van der Waals surface area contributed by atoms with Crippen LogP contribution in [0.1, 0.15) is 30.4 Å². The van der Waals surface area contributed by atoms with E-state index in [-0.39, 0.29) is 5.41 Å².